The third-order valence-electron chi connectivity index (χ3n) is 11.9. The molecule has 0 aliphatic carbocycles. The van der Waals surface area contributed by atoms with E-state index in [1.165, 1.54) is 0 Å². The molecule has 16 heteroatoms. The second kappa shape index (κ2) is 19.5. The SMILES string of the molecule is CC(=O)N1CCCc2c1ccc1c2Oc2c(ccc3c2CCCN3C(C)=O)C12OC(=O)c1c(Cl)cc(C(=O)NCCCCCCOP(OCCC#N)N(C(C)C)C(C)C)c(I)c12. The van der Waals surface area contributed by atoms with Crippen molar-refractivity contribution in [2.75, 3.05) is 42.6 Å². The molecule has 1 spiro atoms. The molecule has 4 aliphatic rings. The molecule has 1 atom stereocenters. The highest BCUT2D eigenvalue weighted by atomic mass is 127. The minimum absolute atomic E-state index is 0.0847. The third-order valence-corrected chi connectivity index (χ3v) is 15.4. The van der Waals surface area contributed by atoms with Crippen LogP contribution in [-0.2, 0) is 41.8 Å². The van der Waals surface area contributed by atoms with Crippen LogP contribution in [0.4, 0.5) is 11.4 Å². The van der Waals surface area contributed by atoms with Crippen LogP contribution in [0.1, 0.15) is 135 Å². The van der Waals surface area contributed by atoms with Crippen molar-refractivity contribution in [1.82, 2.24) is 9.99 Å². The minimum atomic E-state index is -1.54. The summed E-state index contributed by atoms with van der Waals surface area (Å²) in [6, 6.07) is 11.6. The maximum atomic E-state index is 14.2. The summed E-state index contributed by atoms with van der Waals surface area (Å²) in [4.78, 5) is 57.4. The van der Waals surface area contributed by atoms with Crippen molar-refractivity contribution in [3.63, 3.8) is 0 Å². The summed E-state index contributed by atoms with van der Waals surface area (Å²) in [7, 11) is -1.29. The smallest absolute Gasteiger partial charge is 0.341 e. The molecule has 3 amide bonds. The molecule has 13 nitrogen and oxygen atoms in total. The average Bonchev–Trinajstić information content (AvgIpc) is 3.55. The van der Waals surface area contributed by atoms with Gasteiger partial charge in [0, 0.05) is 77.0 Å². The van der Waals surface area contributed by atoms with E-state index < -0.39 is 20.1 Å². The fraction of sp³-hybridized carbons (Fsp3) is 0.500. The van der Waals surface area contributed by atoms with Gasteiger partial charge in [-0.1, -0.05) is 24.4 Å². The number of anilines is 2. The van der Waals surface area contributed by atoms with Crippen LogP contribution in [0.5, 0.6) is 11.5 Å². The largest absolute Gasteiger partial charge is 0.456 e. The molecule has 62 heavy (non-hydrogen) atoms. The van der Waals surface area contributed by atoms with Crippen LogP contribution in [0.15, 0.2) is 30.3 Å². The molecule has 4 heterocycles. The summed E-state index contributed by atoms with van der Waals surface area (Å²) in [5.41, 5.74) is 3.73. The first kappa shape index (κ1) is 46.2. The zero-order valence-electron chi connectivity index (χ0n) is 36.2. The molecule has 330 valence electrons. The molecule has 1 N–H and O–H groups in total. The number of unbranched alkanes of at least 4 members (excludes halogenated alkanes) is 3. The molecule has 0 saturated heterocycles. The van der Waals surface area contributed by atoms with Crippen molar-refractivity contribution in [3.8, 4) is 17.6 Å². The first-order valence-corrected chi connectivity index (χ1v) is 24.1. The van der Waals surface area contributed by atoms with Gasteiger partial charge in [-0.25, -0.2) is 9.46 Å². The predicted octanol–water partition coefficient (Wildman–Crippen LogP) is 9.69. The Kier molecular flexibility index (Phi) is 14.5. The number of halogens is 2. The van der Waals surface area contributed by atoms with Crippen molar-refractivity contribution in [2.45, 2.75) is 117 Å². The molecule has 3 aromatic carbocycles. The maximum Gasteiger partial charge on any atom is 0.341 e. The molecule has 3 aromatic rings. The van der Waals surface area contributed by atoms with Crippen LogP contribution in [0.3, 0.4) is 0 Å². The number of carbonyl (C=O) groups is 4. The van der Waals surface area contributed by atoms with Gasteiger partial charge in [-0.05, 0) is 119 Å². The highest BCUT2D eigenvalue weighted by Gasteiger charge is 2.57. The van der Waals surface area contributed by atoms with E-state index in [2.05, 4.69) is 66.3 Å². The number of carbonyl (C=O) groups excluding carboxylic acids is 4. The number of fused-ring (bicyclic) bond motifs is 10. The Labute approximate surface area is 383 Å². The predicted molar refractivity (Wildman–Crippen MR) is 247 cm³/mol. The fourth-order valence-electron chi connectivity index (χ4n) is 9.26. The van der Waals surface area contributed by atoms with E-state index in [0.29, 0.717) is 102 Å². The molecule has 0 saturated carbocycles. The molecule has 4 aliphatic heterocycles. The number of esters is 1. The number of hydrogen-bond acceptors (Lipinski definition) is 10. The number of nitriles is 1. The van der Waals surface area contributed by atoms with E-state index in [-0.39, 0.29) is 40.4 Å². The van der Waals surface area contributed by atoms with Gasteiger partial charge in [0.15, 0.2) is 5.60 Å². The van der Waals surface area contributed by atoms with Crippen LogP contribution >= 0.6 is 42.7 Å². The van der Waals surface area contributed by atoms with Gasteiger partial charge in [0.25, 0.3) is 14.4 Å². The van der Waals surface area contributed by atoms with Gasteiger partial charge < -0.3 is 33.6 Å². The first-order chi connectivity index (χ1) is 29.7. The van der Waals surface area contributed by atoms with E-state index in [9.17, 15) is 19.2 Å². The van der Waals surface area contributed by atoms with Crippen molar-refractivity contribution in [1.29, 1.82) is 5.26 Å². The Bertz CT molecular complexity index is 2230. The van der Waals surface area contributed by atoms with Gasteiger partial charge in [-0.2, -0.15) is 5.26 Å². The Morgan fingerprint density at radius 3 is 2.03 bits per heavy atom. The molecule has 0 radical (unpaired) electrons. The number of rotatable bonds is 15. The van der Waals surface area contributed by atoms with Crippen LogP contribution in [0, 0.1) is 14.9 Å². The van der Waals surface area contributed by atoms with Crippen LogP contribution in [0.2, 0.25) is 5.02 Å². The van der Waals surface area contributed by atoms with E-state index in [0.717, 1.165) is 48.2 Å². The van der Waals surface area contributed by atoms with Gasteiger partial charge in [0.1, 0.15) is 11.5 Å². The van der Waals surface area contributed by atoms with Gasteiger partial charge >= 0.3 is 5.97 Å². The molecule has 0 fully saturated rings. The van der Waals surface area contributed by atoms with E-state index in [1.54, 1.807) is 29.7 Å². The number of hydrogen-bond donors (Lipinski definition) is 1. The Morgan fingerprint density at radius 2 is 1.48 bits per heavy atom. The van der Waals surface area contributed by atoms with Crippen molar-refractivity contribution < 1.29 is 37.7 Å². The van der Waals surface area contributed by atoms with Crippen molar-refractivity contribution in [2.24, 2.45) is 0 Å². The molecule has 7 rings (SSSR count). The monoisotopic (exact) mass is 997 g/mol. The number of ether oxygens (including phenoxy) is 2. The van der Waals surface area contributed by atoms with Crippen molar-refractivity contribution >= 4 is 77.8 Å². The lowest BCUT2D eigenvalue weighted by Gasteiger charge is -2.42. The summed E-state index contributed by atoms with van der Waals surface area (Å²) in [6.45, 7) is 14.0. The molecular weight excluding hydrogens is 944 g/mol. The zero-order chi connectivity index (χ0) is 44.5. The average molecular weight is 998 g/mol. The highest BCUT2D eigenvalue weighted by Crippen LogP contribution is 2.62. The normalized spacial score (nSPS) is 16.3. The van der Waals surface area contributed by atoms with Crippen LogP contribution in [-0.4, -0.2) is 73.3 Å². The minimum Gasteiger partial charge on any atom is -0.456 e. The molecular formula is C46H54ClIN5O8P. The van der Waals surface area contributed by atoms with E-state index >= 15 is 0 Å². The quantitative estimate of drug-likeness (QED) is 0.0675. The van der Waals surface area contributed by atoms with Gasteiger partial charge in [0.05, 0.1) is 53.2 Å². The topological polar surface area (TPSA) is 151 Å². The van der Waals surface area contributed by atoms with Crippen LogP contribution in [0.25, 0.3) is 0 Å². The standard InChI is InChI=1S/C46H54ClIN5O8P/c1-27(2)53(28(3)4)62(59-25-13-20-49)58-24-10-8-7-9-21-50-44(56)33-26-36(47)39-40(41(33)48)46(61-45(39)57)34-16-18-37-31(14-11-22-51(37)29(5)54)42(34)60-43-32-15-12-23-52(30(6)55)38(32)19-17-35(43)46/h16-19,26-28H,7-15,21-25H2,1-6H3,(H,50,56). The summed E-state index contributed by atoms with van der Waals surface area (Å²) in [5.74, 6) is -0.106. The Morgan fingerprint density at radius 1 is 0.919 bits per heavy atom. The maximum absolute atomic E-state index is 14.2. The Balaban J connectivity index is 1.15. The third kappa shape index (κ3) is 8.58. The van der Waals surface area contributed by atoms with Crippen molar-refractivity contribution in [3.05, 3.63) is 77.9 Å². The molecule has 1 unspecified atom stereocenters. The molecule has 0 aromatic heterocycles. The fourth-order valence-corrected chi connectivity index (χ4v) is 12.2. The summed E-state index contributed by atoms with van der Waals surface area (Å²) < 4.78 is 28.6. The van der Waals surface area contributed by atoms with Crippen LogP contribution < -0.4 is 19.9 Å². The second-order valence-corrected chi connectivity index (χ2v) is 19.6. The highest BCUT2D eigenvalue weighted by molar-refractivity contribution is 14.1. The second-order valence-electron chi connectivity index (χ2n) is 16.6. The van der Waals surface area contributed by atoms with Gasteiger partial charge in [0.2, 0.25) is 11.8 Å². The first-order valence-electron chi connectivity index (χ1n) is 21.5. The number of nitrogens with zero attached hydrogens (tertiary/aromatic N) is 4. The Hall–Kier alpha value is -3.84. The summed E-state index contributed by atoms with van der Waals surface area (Å²) >= 11 is 9.12. The van der Waals surface area contributed by atoms with E-state index in [1.807, 2.05) is 24.3 Å². The lowest BCUT2D eigenvalue weighted by atomic mass is 9.74. The summed E-state index contributed by atoms with van der Waals surface area (Å²) in [6.07, 6.45) is 6.33. The van der Waals surface area contributed by atoms with Gasteiger partial charge in [-0.3, -0.25) is 14.4 Å². The lowest BCUT2D eigenvalue weighted by Crippen LogP contribution is -2.38. The number of benzene rings is 3. The lowest BCUT2D eigenvalue weighted by molar-refractivity contribution is -0.117. The molecule has 0 bridgehead atoms. The zero-order valence-corrected chi connectivity index (χ0v) is 40.0. The number of amides is 3. The van der Waals surface area contributed by atoms with E-state index in [4.69, 9.17) is 35.4 Å². The summed E-state index contributed by atoms with van der Waals surface area (Å²) in [5, 5.41) is 12.2. The van der Waals surface area contributed by atoms with Gasteiger partial charge in [-0.15, -0.1) is 0 Å². The number of nitrogens with one attached hydrogen (secondary N) is 1.